The van der Waals surface area contributed by atoms with E-state index in [2.05, 4.69) is 5.32 Å². The van der Waals surface area contributed by atoms with Crippen molar-refractivity contribution in [2.45, 2.75) is 38.8 Å². The second kappa shape index (κ2) is 15.5. The number of amides is 2. The minimum absolute atomic E-state index is 0.0716. The van der Waals surface area contributed by atoms with Gasteiger partial charge in [0.05, 0.1) is 19.1 Å². The molecule has 0 aliphatic carbocycles. The highest BCUT2D eigenvalue weighted by Crippen LogP contribution is 2.33. The van der Waals surface area contributed by atoms with E-state index in [1.807, 2.05) is 37.3 Å². The van der Waals surface area contributed by atoms with Gasteiger partial charge in [0, 0.05) is 34.6 Å². The maximum atomic E-state index is 14.2. The molecule has 3 rings (SSSR count). The van der Waals surface area contributed by atoms with E-state index in [-0.39, 0.29) is 35.3 Å². The molecule has 42 heavy (non-hydrogen) atoms. The van der Waals surface area contributed by atoms with Crippen LogP contribution in [0.4, 0.5) is 5.69 Å². The van der Waals surface area contributed by atoms with Gasteiger partial charge in [-0.1, -0.05) is 84.5 Å². The van der Waals surface area contributed by atoms with E-state index in [1.165, 1.54) is 24.1 Å². The molecule has 0 aliphatic heterocycles. The van der Waals surface area contributed by atoms with Crippen LogP contribution in [0.1, 0.15) is 30.9 Å². The molecular weight excluding hydrogens is 621 g/mol. The lowest BCUT2D eigenvalue weighted by Crippen LogP contribution is -2.53. The van der Waals surface area contributed by atoms with E-state index >= 15 is 0 Å². The fraction of sp³-hybridized carbons (Fsp3) is 0.333. The van der Waals surface area contributed by atoms with Crippen LogP contribution in [-0.2, 0) is 32.6 Å². The van der Waals surface area contributed by atoms with Crippen molar-refractivity contribution in [2.24, 2.45) is 0 Å². The number of anilines is 1. The summed E-state index contributed by atoms with van der Waals surface area (Å²) < 4.78 is 32.4. The summed E-state index contributed by atoms with van der Waals surface area (Å²) in [7, 11) is -2.61. The Morgan fingerprint density at radius 3 is 2.26 bits per heavy atom. The molecule has 0 aromatic heterocycles. The smallest absolute Gasteiger partial charge is 0.244 e. The Balaban J connectivity index is 2.10. The van der Waals surface area contributed by atoms with Crippen molar-refractivity contribution >= 4 is 62.3 Å². The number of carbonyl (C=O) groups is 2. The van der Waals surface area contributed by atoms with Gasteiger partial charge in [-0.25, -0.2) is 8.42 Å². The molecule has 1 N–H and O–H groups in total. The van der Waals surface area contributed by atoms with Crippen LogP contribution in [0.2, 0.25) is 15.1 Å². The summed E-state index contributed by atoms with van der Waals surface area (Å²) >= 11 is 18.8. The predicted octanol–water partition coefficient (Wildman–Crippen LogP) is 5.98. The van der Waals surface area contributed by atoms with Crippen LogP contribution in [0.25, 0.3) is 0 Å². The van der Waals surface area contributed by atoms with Crippen LogP contribution in [-0.4, -0.2) is 57.6 Å². The number of hydrogen-bond acceptors (Lipinski definition) is 5. The second-order valence-corrected chi connectivity index (χ2v) is 12.9. The number of nitrogens with zero attached hydrogens (tertiary/aromatic N) is 2. The fourth-order valence-electron chi connectivity index (χ4n) is 4.35. The number of rotatable bonds is 14. The molecule has 3 aromatic rings. The number of sulfonamides is 1. The summed E-state index contributed by atoms with van der Waals surface area (Å²) in [6, 6.07) is 17.6. The Labute approximate surface area is 262 Å². The number of ether oxygens (including phenoxy) is 1. The van der Waals surface area contributed by atoms with Crippen LogP contribution in [0.5, 0.6) is 5.75 Å². The van der Waals surface area contributed by atoms with Crippen molar-refractivity contribution in [1.82, 2.24) is 10.2 Å². The second-order valence-electron chi connectivity index (χ2n) is 9.69. The first-order chi connectivity index (χ1) is 19.9. The standard InChI is InChI=1S/C30H34Cl3N3O5S/c1-4-5-15-34-30(38)27(16-21-9-7-6-8-10-21)35(19-22-11-12-23(31)17-25(22)33)29(37)20-36(42(3,39)40)26-18-24(32)13-14-28(26)41-2/h6-14,17-18,27H,4-5,15-16,19-20H2,1-3H3,(H,34,38)/t27-/m0/s1. The lowest BCUT2D eigenvalue weighted by Gasteiger charge is -2.34. The highest BCUT2D eigenvalue weighted by molar-refractivity contribution is 7.92. The van der Waals surface area contributed by atoms with Gasteiger partial charge in [-0.05, 0) is 47.9 Å². The number of methoxy groups -OCH3 is 1. The minimum Gasteiger partial charge on any atom is -0.495 e. The minimum atomic E-state index is -4.00. The molecule has 0 radical (unpaired) electrons. The maximum absolute atomic E-state index is 14.2. The van der Waals surface area contributed by atoms with Crippen molar-refractivity contribution in [2.75, 3.05) is 30.8 Å². The third kappa shape index (κ3) is 9.26. The molecule has 0 spiro atoms. The Bertz CT molecular complexity index is 1490. The largest absolute Gasteiger partial charge is 0.495 e. The van der Waals surface area contributed by atoms with Gasteiger partial charge in [-0.2, -0.15) is 0 Å². The average Bonchev–Trinajstić information content (AvgIpc) is 2.94. The van der Waals surface area contributed by atoms with Gasteiger partial charge < -0.3 is 15.0 Å². The van der Waals surface area contributed by atoms with Crippen LogP contribution in [0.3, 0.4) is 0 Å². The van der Waals surface area contributed by atoms with Gasteiger partial charge in [-0.15, -0.1) is 0 Å². The zero-order chi connectivity index (χ0) is 30.9. The first kappa shape index (κ1) is 33.5. The van der Waals surface area contributed by atoms with Crippen LogP contribution in [0, 0.1) is 0 Å². The Hall–Kier alpha value is -2.98. The summed E-state index contributed by atoms with van der Waals surface area (Å²) in [6.07, 6.45) is 2.81. The number of carbonyl (C=O) groups excluding carboxylic acids is 2. The molecule has 0 heterocycles. The lowest BCUT2D eigenvalue weighted by atomic mass is 10.0. The molecule has 8 nitrogen and oxygen atoms in total. The molecule has 0 unspecified atom stereocenters. The van der Waals surface area contributed by atoms with Crippen molar-refractivity contribution in [3.8, 4) is 5.75 Å². The van der Waals surface area contributed by atoms with Gasteiger partial charge in [0.25, 0.3) is 0 Å². The fourth-order valence-corrected chi connectivity index (χ4v) is 5.83. The zero-order valence-electron chi connectivity index (χ0n) is 23.6. The number of hydrogen-bond donors (Lipinski definition) is 1. The first-order valence-corrected chi connectivity index (χ1v) is 16.3. The van der Waals surface area contributed by atoms with Gasteiger partial charge in [-0.3, -0.25) is 13.9 Å². The number of nitrogens with one attached hydrogen (secondary N) is 1. The molecule has 1 atom stereocenters. The summed E-state index contributed by atoms with van der Waals surface area (Å²) in [5.41, 5.74) is 1.46. The highest BCUT2D eigenvalue weighted by Gasteiger charge is 2.34. The van der Waals surface area contributed by atoms with Crippen LogP contribution >= 0.6 is 34.8 Å². The number of unbranched alkanes of at least 4 members (excludes halogenated alkanes) is 1. The monoisotopic (exact) mass is 653 g/mol. The van der Waals surface area contributed by atoms with E-state index in [9.17, 15) is 18.0 Å². The van der Waals surface area contributed by atoms with E-state index in [4.69, 9.17) is 39.5 Å². The molecule has 12 heteroatoms. The molecule has 0 fully saturated rings. The highest BCUT2D eigenvalue weighted by atomic mass is 35.5. The summed E-state index contributed by atoms with van der Waals surface area (Å²) in [5.74, 6) is -0.778. The Kier molecular flexibility index (Phi) is 12.4. The van der Waals surface area contributed by atoms with E-state index in [1.54, 1.807) is 24.3 Å². The Morgan fingerprint density at radius 2 is 1.64 bits per heavy atom. The van der Waals surface area contributed by atoms with Gasteiger partial charge in [0.2, 0.25) is 21.8 Å². The Morgan fingerprint density at radius 1 is 0.976 bits per heavy atom. The molecule has 0 saturated heterocycles. The van der Waals surface area contributed by atoms with Crippen LogP contribution in [0.15, 0.2) is 66.7 Å². The predicted molar refractivity (Wildman–Crippen MR) is 169 cm³/mol. The third-order valence-electron chi connectivity index (χ3n) is 6.55. The van der Waals surface area contributed by atoms with Crippen molar-refractivity contribution in [3.05, 3.63) is 92.9 Å². The van der Waals surface area contributed by atoms with Crippen molar-refractivity contribution in [3.63, 3.8) is 0 Å². The quantitative estimate of drug-likeness (QED) is 0.216. The van der Waals surface area contributed by atoms with Crippen LogP contribution < -0.4 is 14.4 Å². The molecule has 0 aliphatic rings. The lowest BCUT2D eigenvalue weighted by molar-refractivity contribution is -0.140. The summed E-state index contributed by atoms with van der Waals surface area (Å²) in [4.78, 5) is 29.2. The molecule has 2 amide bonds. The third-order valence-corrected chi connectivity index (χ3v) is 8.49. The summed E-state index contributed by atoms with van der Waals surface area (Å²) in [5, 5.41) is 3.91. The molecular formula is C30H34Cl3N3O5S. The van der Waals surface area contributed by atoms with Gasteiger partial charge in [0.15, 0.2) is 0 Å². The average molecular weight is 655 g/mol. The first-order valence-electron chi connectivity index (χ1n) is 13.3. The molecule has 226 valence electrons. The zero-order valence-corrected chi connectivity index (χ0v) is 26.7. The normalized spacial score (nSPS) is 12.0. The number of halogens is 3. The topological polar surface area (TPSA) is 96.0 Å². The van der Waals surface area contributed by atoms with Crippen molar-refractivity contribution in [1.29, 1.82) is 0 Å². The molecule has 0 bridgehead atoms. The van der Waals surface area contributed by atoms with E-state index < -0.39 is 28.5 Å². The summed E-state index contributed by atoms with van der Waals surface area (Å²) in [6.45, 7) is 1.75. The van der Waals surface area contributed by atoms with E-state index in [0.717, 1.165) is 29.0 Å². The van der Waals surface area contributed by atoms with Gasteiger partial charge >= 0.3 is 0 Å². The molecule has 0 saturated carbocycles. The van der Waals surface area contributed by atoms with E-state index in [0.29, 0.717) is 22.2 Å². The van der Waals surface area contributed by atoms with Gasteiger partial charge in [0.1, 0.15) is 18.3 Å². The SMILES string of the molecule is CCCCNC(=O)[C@H](Cc1ccccc1)N(Cc1ccc(Cl)cc1Cl)C(=O)CN(c1cc(Cl)ccc1OC)S(C)(=O)=O. The molecule has 3 aromatic carbocycles. The maximum Gasteiger partial charge on any atom is 0.244 e. The number of benzene rings is 3. The van der Waals surface area contributed by atoms with Crippen molar-refractivity contribution < 1.29 is 22.7 Å².